The Balaban J connectivity index is 2.24. The fraction of sp³-hybridized carbons (Fsp3) is 0.188. The highest BCUT2D eigenvalue weighted by molar-refractivity contribution is 6.08. The number of hydrogen-bond donors (Lipinski definition) is 1. The normalized spacial score (nSPS) is 11.4. The Morgan fingerprint density at radius 1 is 1.00 bits per heavy atom. The summed E-state index contributed by atoms with van der Waals surface area (Å²) in [6, 6.07) is 15.0. The molecule has 0 aliphatic rings. The number of para-hydroxylation sites is 2. The van der Waals surface area contributed by atoms with E-state index in [9.17, 15) is 0 Å². The van der Waals surface area contributed by atoms with Gasteiger partial charge in [0.25, 0.3) is 0 Å². The Bertz CT molecular complexity index is 649. The van der Waals surface area contributed by atoms with Gasteiger partial charge in [0.2, 0.25) is 0 Å². The third-order valence-corrected chi connectivity index (χ3v) is 3.23. The largest absolute Gasteiger partial charge is 0.354 e. The molecule has 1 nitrogen and oxygen atoms in total. The summed E-state index contributed by atoms with van der Waals surface area (Å²) >= 11 is 0. The molecule has 1 N–H and O–H groups in total. The van der Waals surface area contributed by atoms with Crippen LogP contribution in [0.25, 0.3) is 21.8 Å². The molecule has 1 radical (unpaired) electrons. The van der Waals surface area contributed by atoms with Gasteiger partial charge < -0.3 is 4.98 Å². The van der Waals surface area contributed by atoms with Crippen LogP contribution in [0, 0.1) is 6.42 Å². The fourth-order valence-electron chi connectivity index (χ4n) is 2.37. The topological polar surface area (TPSA) is 15.8 Å². The lowest BCUT2D eigenvalue weighted by Gasteiger charge is -2.01. The predicted molar refractivity (Wildman–Crippen MR) is 74.1 cm³/mol. The molecular formula is C16H16N. The van der Waals surface area contributed by atoms with Gasteiger partial charge in [-0.3, -0.25) is 0 Å². The molecule has 3 aromatic rings. The number of rotatable bonds is 3. The number of unbranched alkanes of at least 4 members (excludes halogenated alkanes) is 1. The third kappa shape index (κ3) is 1.72. The standard InChI is InChI=1S/C16H16N/c1-2-3-7-12-8-6-10-14-13-9-4-5-11-15(13)17-16(12)14/h4-11,17H,2-3H2,1H3. The van der Waals surface area contributed by atoms with Crippen LogP contribution in [0.15, 0.2) is 42.5 Å². The SMILES string of the molecule is CCC[CH]c1cccc2c1[nH]c1ccccc12. The van der Waals surface area contributed by atoms with Crippen molar-refractivity contribution in [2.75, 3.05) is 0 Å². The third-order valence-electron chi connectivity index (χ3n) is 3.23. The monoisotopic (exact) mass is 222 g/mol. The summed E-state index contributed by atoms with van der Waals surface area (Å²) < 4.78 is 0. The van der Waals surface area contributed by atoms with E-state index in [0.29, 0.717) is 0 Å². The van der Waals surface area contributed by atoms with Gasteiger partial charge in [-0.15, -0.1) is 0 Å². The molecule has 0 saturated carbocycles. The Labute approximate surface area is 101 Å². The van der Waals surface area contributed by atoms with Crippen molar-refractivity contribution in [3.8, 4) is 0 Å². The molecule has 0 aliphatic heterocycles. The molecule has 1 aromatic heterocycles. The zero-order valence-corrected chi connectivity index (χ0v) is 10.0. The fourth-order valence-corrected chi connectivity index (χ4v) is 2.37. The van der Waals surface area contributed by atoms with Crippen LogP contribution in [-0.2, 0) is 0 Å². The highest BCUT2D eigenvalue weighted by Crippen LogP contribution is 2.28. The zero-order valence-electron chi connectivity index (χ0n) is 10.0. The quantitative estimate of drug-likeness (QED) is 0.662. The summed E-state index contributed by atoms with van der Waals surface area (Å²) in [6.07, 6.45) is 4.64. The lowest BCUT2D eigenvalue weighted by atomic mass is 10.0. The molecule has 0 spiro atoms. The molecule has 0 atom stereocenters. The minimum Gasteiger partial charge on any atom is -0.354 e. The summed E-state index contributed by atoms with van der Waals surface area (Å²) in [4.78, 5) is 3.52. The number of fused-ring (bicyclic) bond motifs is 3. The molecule has 0 unspecified atom stereocenters. The second-order valence-electron chi connectivity index (χ2n) is 4.43. The minimum atomic E-state index is 1.13. The Hall–Kier alpha value is -1.76. The summed E-state index contributed by atoms with van der Waals surface area (Å²) in [7, 11) is 0. The molecule has 85 valence electrons. The van der Waals surface area contributed by atoms with Crippen LogP contribution >= 0.6 is 0 Å². The van der Waals surface area contributed by atoms with E-state index in [1.54, 1.807) is 0 Å². The van der Waals surface area contributed by atoms with Crippen LogP contribution in [0.1, 0.15) is 25.3 Å². The van der Waals surface area contributed by atoms with Crippen molar-refractivity contribution in [2.24, 2.45) is 0 Å². The average Bonchev–Trinajstić information content (AvgIpc) is 2.75. The van der Waals surface area contributed by atoms with Crippen molar-refractivity contribution < 1.29 is 0 Å². The molecule has 2 aromatic carbocycles. The first kappa shape index (κ1) is 10.4. The van der Waals surface area contributed by atoms with E-state index >= 15 is 0 Å². The van der Waals surface area contributed by atoms with E-state index in [-0.39, 0.29) is 0 Å². The second-order valence-corrected chi connectivity index (χ2v) is 4.43. The number of H-pyrrole nitrogens is 1. The van der Waals surface area contributed by atoms with E-state index in [4.69, 9.17) is 0 Å². The number of hydrogen-bond acceptors (Lipinski definition) is 0. The van der Waals surface area contributed by atoms with E-state index in [1.807, 2.05) is 0 Å². The lowest BCUT2D eigenvalue weighted by Crippen LogP contribution is -1.83. The van der Waals surface area contributed by atoms with Crippen molar-refractivity contribution in [2.45, 2.75) is 19.8 Å². The minimum absolute atomic E-state index is 1.13. The smallest absolute Gasteiger partial charge is 0.0500 e. The first-order chi connectivity index (χ1) is 8.40. The summed E-state index contributed by atoms with van der Waals surface area (Å²) in [5.74, 6) is 0. The molecule has 0 saturated heterocycles. The zero-order chi connectivity index (χ0) is 11.7. The van der Waals surface area contributed by atoms with E-state index < -0.39 is 0 Å². The van der Waals surface area contributed by atoms with Crippen molar-refractivity contribution in [1.29, 1.82) is 0 Å². The summed E-state index contributed by atoms with van der Waals surface area (Å²) in [6.45, 7) is 2.21. The van der Waals surface area contributed by atoms with Gasteiger partial charge in [-0.1, -0.05) is 49.7 Å². The van der Waals surface area contributed by atoms with Crippen LogP contribution < -0.4 is 0 Å². The van der Waals surface area contributed by atoms with Gasteiger partial charge in [-0.25, -0.2) is 0 Å². The highest BCUT2D eigenvalue weighted by Gasteiger charge is 2.06. The van der Waals surface area contributed by atoms with Gasteiger partial charge in [-0.05, 0) is 24.5 Å². The maximum Gasteiger partial charge on any atom is 0.0500 e. The van der Waals surface area contributed by atoms with E-state index in [0.717, 1.165) is 6.42 Å². The highest BCUT2D eigenvalue weighted by atomic mass is 14.7. The van der Waals surface area contributed by atoms with Crippen molar-refractivity contribution >= 4 is 21.8 Å². The van der Waals surface area contributed by atoms with Crippen LogP contribution in [-0.4, -0.2) is 4.98 Å². The molecule has 0 aliphatic carbocycles. The van der Waals surface area contributed by atoms with Crippen molar-refractivity contribution in [1.82, 2.24) is 4.98 Å². The Kier molecular flexibility index (Phi) is 2.60. The molecule has 0 bridgehead atoms. The van der Waals surface area contributed by atoms with Gasteiger partial charge in [0, 0.05) is 21.8 Å². The van der Waals surface area contributed by atoms with E-state index in [2.05, 4.69) is 60.8 Å². The van der Waals surface area contributed by atoms with Gasteiger partial charge in [0.05, 0.1) is 0 Å². The number of aromatic nitrogens is 1. The van der Waals surface area contributed by atoms with Gasteiger partial charge in [0.1, 0.15) is 0 Å². The number of aromatic amines is 1. The molecular weight excluding hydrogens is 206 g/mol. The average molecular weight is 222 g/mol. The summed E-state index contributed by atoms with van der Waals surface area (Å²) in [5.41, 5.74) is 3.81. The number of benzene rings is 2. The maximum atomic E-state index is 3.52. The van der Waals surface area contributed by atoms with Crippen molar-refractivity contribution in [3.05, 3.63) is 54.4 Å². The van der Waals surface area contributed by atoms with E-state index in [1.165, 1.54) is 33.8 Å². The number of nitrogens with one attached hydrogen (secondary N) is 1. The maximum absolute atomic E-state index is 3.52. The molecule has 0 amide bonds. The Morgan fingerprint density at radius 3 is 2.71 bits per heavy atom. The van der Waals surface area contributed by atoms with Crippen LogP contribution in [0.5, 0.6) is 0 Å². The van der Waals surface area contributed by atoms with Crippen LogP contribution in [0.2, 0.25) is 0 Å². The first-order valence-electron chi connectivity index (χ1n) is 6.23. The summed E-state index contributed by atoms with van der Waals surface area (Å²) in [5, 5.41) is 2.64. The molecule has 0 fully saturated rings. The van der Waals surface area contributed by atoms with Gasteiger partial charge >= 0.3 is 0 Å². The predicted octanol–water partition coefficient (Wildman–Crippen LogP) is 4.67. The van der Waals surface area contributed by atoms with Gasteiger partial charge in [-0.2, -0.15) is 0 Å². The molecule has 1 heterocycles. The lowest BCUT2D eigenvalue weighted by molar-refractivity contribution is 0.915. The second kappa shape index (κ2) is 4.25. The van der Waals surface area contributed by atoms with Gasteiger partial charge in [0.15, 0.2) is 0 Å². The van der Waals surface area contributed by atoms with Crippen molar-refractivity contribution in [3.63, 3.8) is 0 Å². The van der Waals surface area contributed by atoms with Crippen LogP contribution in [0.3, 0.4) is 0 Å². The first-order valence-corrected chi connectivity index (χ1v) is 6.23. The molecule has 3 rings (SSSR count). The molecule has 1 heteroatoms. The molecule has 17 heavy (non-hydrogen) atoms. The Morgan fingerprint density at radius 2 is 1.82 bits per heavy atom. The van der Waals surface area contributed by atoms with Crippen LogP contribution in [0.4, 0.5) is 0 Å².